The first-order valence-electron chi connectivity index (χ1n) is 12.7. The highest BCUT2D eigenvalue weighted by atomic mass is 127. The number of guanidine groups is 1. The highest BCUT2D eigenvalue weighted by molar-refractivity contribution is 14.0. The number of nitrogens with zero attached hydrogens (tertiary/aromatic N) is 4. The van der Waals surface area contributed by atoms with Gasteiger partial charge in [-0.3, -0.25) is 14.8 Å². The monoisotopic (exact) mass is 548 g/mol. The minimum Gasteiger partial charge on any atom is -0.357 e. The summed E-state index contributed by atoms with van der Waals surface area (Å²) in [4.78, 5) is 13.0. The summed E-state index contributed by atoms with van der Waals surface area (Å²) in [5.74, 6) is 0.998. The summed E-state index contributed by atoms with van der Waals surface area (Å²) in [7, 11) is 2.27. The number of halogens is 1. The van der Waals surface area contributed by atoms with Crippen LogP contribution < -0.4 is 10.6 Å². The Hall–Kier alpha value is -0.120. The zero-order valence-electron chi connectivity index (χ0n) is 20.7. The molecule has 6 nitrogen and oxygen atoms in total. The van der Waals surface area contributed by atoms with Gasteiger partial charge in [-0.2, -0.15) is 0 Å². The second-order valence-corrected chi connectivity index (χ2v) is 10.5. The Kier molecular flexibility index (Phi) is 11.3. The predicted molar refractivity (Wildman–Crippen MR) is 144 cm³/mol. The largest absolute Gasteiger partial charge is 0.357 e. The summed E-state index contributed by atoms with van der Waals surface area (Å²) < 4.78 is 0. The predicted octanol–water partition coefficient (Wildman–Crippen LogP) is 3.37. The van der Waals surface area contributed by atoms with Gasteiger partial charge in [0.2, 0.25) is 0 Å². The van der Waals surface area contributed by atoms with Crippen LogP contribution in [-0.4, -0.2) is 97.7 Å². The van der Waals surface area contributed by atoms with Crippen molar-refractivity contribution in [1.29, 1.82) is 0 Å². The molecule has 0 aromatic heterocycles. The van der Waals surface area contributed by atoms with Crippen molar-refractivity contribution in [3.05, 3.63) is 0 Å². The van der Waals surface area contributed by atoms with E-state index in [0.717, 1.165) is 25.6 Å². The lowest BCUT2D eigenvalue weighted by Crippen LogP contribution is -2.62. The minimum absolute atomic E-state index is 0. The van der Waals surface area contributed by atoms with E-state index in [2.05, 4.69) is 53.2 Å². The number of rotatable bonds is 7. The lowest BCUT2D eigenvalue weighted by Gasteiger charge is -2.50. The van der Waals surface area contributed by atoms with Gasteiger partial charge in [-0.25, -0.2) is 0 Å². The molecule has 2 N–H and O–H groups in total. The van der Waals surface area contributed by atoms with E-state index in [1.54, 1.807) is 0 Å². The third-order valence-corrected chi connectivity index (χ3v) is 7.71. The molecule has 0 spiro atoms. The molecule has 0 radical (unpaired) electrons. The normalized spacial score (nSPS) is 24.5. The topological polar surface area (TPSA) is 46.1 Å². The maximum atomic E-state index is 5.06. The number of hydrogen-bond donors (Lipinski definition) is 2. The number of aliphatic imine (C=N–C) groups is 1. The van der Waals surface area contributed by atoms with Crippen LogP contribution in [0, 0.1) is 0 Å². The molecule has 0 aromatic rings. The number of piperidine rings is 3. The van der Waals surface area contributed by atoms with Gasteiger partial charge >= 0.3 is 0 Å². The fourth-order valence-electron chi connectivity index (χ4n) is 5.47. The van der Waals surface area contributed by atoms with Crippen molar-refractivity contribution in [2.75, 3.05) is 66.0 Å². The maximum Gasteiger partial charge on any atom is 0.191 e. The van der Waals surface area contributed by atoms with Crippen LogP contribution in [-0.2, 0) is 0 Å². The third kappa shape index (κ3) is 7.71. The fourth-order valence-corrected chi connectivity index (χ4v) is 5.47. The molecule has 0 aliphatic carbocycles. The summed E-state index contributed by atoms with van der Waals surface area (Å²) in [6.07, 6.45) is 10.7. The molecule has 0 atom stereocenters. The summed E-state index contributed by atoms with van der Waals surface area (Å²) in [5.41, 5.74) is 0.409. The Morgan fingerprint density at radius 1 is 0.871 bits per heavy atom. The van der Waals surface area contributed by atoms with Gasteiger partial charge in [-0.15, -0.1) is 24.0 Å². The highest BCUT2D eigenvalue weighted by Crippen LogP contribution is 2.31. The zero-order chi connectivity index (χ0) is 21.5. The van der Waals surface area contributed by atoms with Crippen LogP contribution in [0.1, 0.15) is 72.1 Å². The Balaban J connectivity index is 0.00000341. The molecule has 3 aliphatic rings. The van der Waals surface area contributed by atoms with Gasteiger partial charge in [-0.05, 0) is 106 Å². The number of likely N-dealkylation sites (tertiary alicyclic amines) is 3. The average molecular weight is 549 g/mol. The molecule has 3 saturated heterocycles. The Labute approximate surface area is 209 Å². The SMILES string of the molecule is CCNC(=NCC(C)(C)N1CCCCC1)NCC1(N2CCCCC2)CCN(C)CC1.I. The summed E-state index contributed by atoms with van der Waals surface area (Å²) in [6, 6.07) is 0. The van der Waals surface area contributed by atoms with E-state index >= 15 is 0 Å². The average Bonchev–Trinajstić information content (AvgIpc) is 2.78. The first-order valence-corrected chi connectivity index (χ1v) is 12.7. The van der Waals surface area contributed by atoms with Gasteiger partial charge in [-0.1, -0.05) is 12.8 Å². The molecular formula is C24H49IN6. The Bertz CT molecular complexity index is 532. The van der Waals surface area contributed by atoms with Gasteiger partial charge in [0.05, 0.1) is 6.54 Å². The summed E-state index contributed by atoms with van der Waals surface area (Å²) in [6.45, 7) is 17.0. The van der Waals surface area contributed by atoms with Crippen LogP contribution in [0.4, 0.5) is 0 Å². The van der Waals surface area contributed by atoms with Crippen molar-refractivity contribution >= 4 is 29.9 Å². The lowest BCUT2D eigenvalue weighted by atomic mass is 9.84. The Morgan fingerprint density at radius 2 is 1.45 bits per heavy atom. The second kappa shape index (κ2) is 12.9. The molecule has 3 fully saturated rings. The van der Waals surface area contributed by atoms with E-state index in [9.17, 15) is 0 Å². The van der Waals surface area contributed by atoms with Gasteiger partial charge in [0.15, 0.2) is 5.96 Å². The van der Waals surface area contributed by atoms with Crippen LogP contribution in [0.3, 0.4) is 0 Å². The van der Waals surface area contributed by atoms with Crippen molar-refractivity contribution in [3.63, 3.8) is 0 Å². The van der Waals surface area contributed by atoms with Crippen LogP contribution in [0.15, 0.2) is 4.99 Å². The number of hydrogen-bond acceptors (Lipinski definition) is 4. The quantitative estimate of drug-likeness (QED) is 0.290. The molecule has 31 heavy (non-hydrogen) atoms. The van der Waals surface area contributed by atoms with Crippen LogP contribution in [0.25, 0.3) is 0 Å². The van der Waals surface area contributed by atoms with E-state index in [1.807, 2.05) is 0 Å². The van der Waals surface area contributed by atoms with E-state index in [4.69, 9.17) is 4.99 Å². The molecule has 0 aromatic carbocycles. The third-order valence-electron chi connectivity index (χ3n) is 7.71. The molecule has 3 rings (SSSR count). The van der Waals surface area contributed by atoms with Gasteiger partial charge < -0.3 is 15.5 Å². The second-order valence-electron chi connectivity index (χ2n) is 10.5. The number of nitrogens with one attached hydrogen (secondary N) is 2. The van der Waals surface area contributed by atoms with Gasteiger partial charge in [0.25, 0.3) is 0 Å². The first-order chi connectivity index (χ1) is 14.5. The van der Waals surface area contributed by atoms with Crippen molar-refractivity contribution in [2.45, 2.75) is 83.2 Å². The molecule has 0 unspecified atom stereocenters. The van der Waals surface area contributed by atoms with E-state index < -0.39 is 0 Å². The van der Waals surface area contributed by atoms with Crippen LogP contribution >= 0.6 is 24.0 Å². The molecule has 3 heterocycles. The van der Waals surface area contributed by atoms with E-state index in [0.29, 0.717) is 0 Å². The van der Waals surface area contributed by atoms with Crippen molar-refractivity contribution in [3.8, 4) is 0 Å². The van der Waals surface area contributed by atoms with Gasteiger partial charge in [0.1, 0.15) is 0 Å². The smallest absolute Gasteiger partial charge is 0.191 e. The van der Waals surface area contributed by atoms with Crippen LogP contribution in [0.5, 0.6) is 0 Å². The standard InChI is InChI=1S/C24H48N6.HI/c1-5-25-22(26-20-23(2,3)29-14-8-6-9-15-29)27-21-24(12-18-28(4)19-13-24)30-16-10-7-11-17-30;/h5-21H2,1-4H3,(H2,25,26,27);1H. The van der Waals surface area contributed by atoms with Crippen molar-refractivity contribution in [2.24, 2.45) is 4.99 Å². The zero-order valence-corrected chi connectivity index (χ0v) is 23.0. The summed E-state index contributed by atoms with van der Waals surface area (Å²) >= 11 is 0. The van der Waals surface area contributed by atoms with E-state index in [1.165, 1.54) is 90.6 Å². The lowest BCUT2D eigenvalue weighted by molar-refractivity contribution is 0.0173. The fraction of sp³-hybridized carbons (Fsp3) is 0.958. The molecule has 0 saturated carbocycles. The highest BCUT2D eigenvalue weighted by Gasteiger charge is 2.39. The van der Waals surface area contributed by atoms with Crippen molar-refractivity contribution < 1.29 is 0 Å². The molecule has 0 amide bonds. The molecule has 3 aliphatic heterocycles. The van der Waals surface area contributed by atoms with Crippen molar-refractivity contribution in [1.82, 2.24) is 25.3 Å². The minimum atomic E-state index is 0. The van der Waals surface area contributed by atoms with Crippen LogP contribution in [0.2, 0.25) is 0 Å². The maximum absolute atomic E-state index is 5.06. The summed E-state index contributed by atoms with van der Waals surface area (Å²) in [5, 5.41) is 7.30. The first kappa shape index (κ1) is 27.1. The molecular weight excluding hydrogens is 499 g/mol. The van der Waals surface area contributed by atoms with E-state index in [-0.39, 0.29) is 35.1 Å². The molecule has 0 bridgehead atoms. The molecule has 7 heteroatoms. The molecule has 182 valence electrons. The Morgan fingerprint density at radius 3 is 2.03 bits per heavy atom. The van der Waals surface area contributed by atoms with Gasteiger partial charge in [0, 0.05) is 24.2 Å².